The van der Waals surface area contributed by atoms with Gasteiger partial charge in [0, 0.05) is 6.54 Å². The summed E-state index contributed by atoms with van der Waals surface area (Å²) in [5.41, 5.74) is 3.81. The van der Waals surface area contributed by atoms with Crippen LogP contribution in [0, 0.1) is 0 Å². The minimum atomic E-state index is -0.217. The molecule has 0 aliphatic rings. The number of benzene rings is 1. The normalized spacial score (nSPS) is 11.5. The fraction of sp³-hybridized carbons (Fsp3) is 0.600. The highest BCUT2D eigenvalue weighted by Crippen LogP contribution is 2.36. The zero-order chi connectivity index (χ0) is 15.2. The molecule has 0 aromatic heterocycles. The van der Waals surface area contributed by atoms with Crippen molar-refractivity contribution in [3.8, 4) is 11.5 Å². The van der Waals surface area contributed by atoms with Gasteiger partial charge in [-0.3, -0.25) is 4.84 Å². The smallest absolute Gasteiger partial charge is 0.175 e. The molecule has 1 aromatic carbocycles. The van der Waals surface area contributed by atoms with E-state index in [1.54, 1.807) is 7.11 Å². The van der Waals surface area contributed by atoms with Crippen molar-refractivity contribution in [1.82, 2.24) is 5.48 Å². The highest BCUT2D eigenvalue weighted by atomic mass is 79.9. The Morgan fingerprint density at radius 1 is 1.25 bits per heavy atom. The predicted octanol–water partition coefficient (Wildman–Crippen LogP) is 4.07. The van der Waals surface area contributed by atoms with Gasteiger partial charge in [-0.15, -0.1) is 0 Å². The molecule has 4 nitrogen and oxygen atoms in total. The van der Waals surface area contributed by atoms with Gasteiger partial charge in [0.2, 0.25) is 0 Å². The second-order valence-electron chi connectivity index (χ2n) is 5.49. The summed E-state index contributed by atoms with van der Waals surface area (Å²) < 4.78 is 12.0. The van der Waals surface area contributed by atoms with Crippen molar-refractivity contribution in [2.24, 2.45) is 0 Å². The van der Waals surface area contributed by atoms with Gasteiger partial charge < -0.3 is 9.47 Å². The molecule has 0 amide bonds. The van der Waals surface area contributed by atoms with E-state index < -0.39 is 0 Å². The molecule has 0 bridgehead atoms. The van der Waals surface area contributed by atoms with E-state index in [1.165, 1.54) is 0 Å². The molecule has 0 aliphatic heterocycles. The van der Waals surface area contributed by atoms with Crippen LogP contribution in [0.25, 0.3) is 0 Å². The lowest BCUT2D eigenvalue weighted by Crippen LogP contribution is -2.28. The summed E-state index contributed by atoms with van der Waals surface area (Å²) in [6.45, 7) is 9.33. The average molecular weight is 346 g/mol. The molecular weight excluding hydrogens is 322 g/mol. The predicted molar refractivity (Wildman–Crippen MR) is 84.2 cm³/mol. The molecule has 0 radical (unpaired) electrons. The second kappa shape index (κ2) is 7.86. The number of ether oxygens (including phenoxy) is 2. The fourth-order valence-electron chi connectivity index (χ4n) is 1.56. The maximum atomic E-state index is 5.70. The summed E-state index contributed by atoms with van der Waals surface area (Å²) in [4.78, 5) is 5.50. The van der Waals surface area contributed by atoms with Gasteiger partial charge in [0.1, 0.15) is 0 Å². The topological polar surface area (TPSA) is 39.7 Å². The fourth-order valence-corrected chi connectivity index (χ4v) is 2.16. The lowest BCUT2D eigenvalue weighted by Gasteiger charge is -2.20. The Labute approximate surface area is 129 Å². The Hall–Kier alpha value is -0.780. The van der Waals surface area contributed by atoms with Crippen LogP contribution in [0.2, 0.25) is 0 Å². The number of nitrogens with one attached hydrogen (secondary N) is 1. The second-order valence-corrected chi connectivity index (χ2v) is 6.35. The minimum Gasteiger partial charge on any atom is -0.493 e. The molecule has 114 valence electrons. The molecule has 0 aliphatic carbocycles. The number of methoxy groups -OCH3 is 1. The zero-order valence-electron chi connectivity index (χ0n) is 12.9. The van der Waals surface area contributed by atoms with Crippen molar-refractivity contribution in [2.75, 3.05) is 13.7 Å². The third-order valence-electron chi connectivity index (χ3n) is 2.39. The molecule has 5 heteroatoms. The van der Waals surface area contributed by atoms with Crippen LogP contribution in [-0.2, 0) is 11.4 Å². The third kappa shape index (κ3) is 5.69. The molecule has 1 rings (SSSR count). The van der Waals surface area contributed by atoms with Crippen molar-refractivity contribution >= 4 is 15.9 Å². The maximum Gasteiger partial charge on any atom is 0.175 e. The average Bonchev–Trinajstić information content (AvgIpc) is 2.35. The Balaban J connectivity index is 2.77. The van der Waals surface area contributed by atoms with E-state index in [0.717, 1.165) is 28.0 Å². The van der Waals surface area contributed by atoms with Gasteiger partial charge in [0.15, 0.2) is 11.5 Å². The standard InChI is InChI=1S/C15H24BrNO3/c1-6-7-19-14-12(16)8-11(9-13(14)18-5)10-17-20-15(2,3)4/h8-9,17H,6-7,10H2,1-5H3. The molecule has 0 spiro atoms. The van der Waals surface area contributed by atoms with Crippen molar-refractivity contribution in [3.05, 3.63) is 22.2 Å². The monoisotopic (exact) mass is 345 g/mol. The van der Waals surface area contributed by atoms with Gasteiger partial charge in [-0.25, -0.2) is 0 Å². The summed E-state index contributed by atoms with van der Waals surface area (Å²) in [5.74, 6) is 1.47. The van der Waals surface area contributed by atoms with Crippen LogP contribution >= 0.6 is 15.9 Å². The third-order valence-corrected chi connectivity index (χ3v) is 2.98. The van der Waals surface area contributed by atoms with E-state index >= 15 is 0 Å². The largest absolute Gasteiger partial charge is 0.493 e. The lowest BCUT2D eigenvalue weighted by atomic mass is 10.2. The van der Waals surface area contributed by atoms with E-state index in [4.69, 9.17) is 14.3 Å². The van der Waals surface area contributed by atoms with Gasteiger partial charge >= 0.3 is 0 Å². The Morgan fingerprint density at radius 3 is 2.50 bits per heavy atom. The molecule has 0 saturated carbocycles. The first kappa shape index (κ1) is 17.3. The summed E-state index contributed by atoms with van der Waals surface area (Å²) >= 11 is 3.53. The first-order chi connectivity index (χ1) is 9.37. The van der Waals surface area contributed by atoms with Crippen LogP contribution in [0.3, 0.4) is 0 Å². The quantitative estimate of drug-likeness (QED) is 0.756. The Bertz CT molecular complexity index is 430. The molecule has 1 aromatic rings. The summed E-state index contributed by atoms with van der Waals surface area (Å²) in [5, 5.41) is 0. The van der Waals surface area contributed by atoms with Crippen molar-refractivity contribution in [3.63, 3.8) is 0 Å². The van der Waals surface area contributed by atoms with E-state index in [2.05, 4.69) is 28.3 Å². The van der Waals surface area contributed by atoms with Gasteiger partial charge in [0.25, 0.3) is 0 Å². The number of hydrogen-bond acceptors (Lipinski definition) is 4. The first-order valence-electron chi connectivity index (χ1n) is 6.77. The molecule has 1 N–H and O–H groups in total. The number of halogens is 1. The highest BCUT2D eigenvalue weighted by Gasteiger charge is 2.13. The summed E-state index contributed by atoms with van der Waals surface area (Å²) in [7, 11) is 1.64. The first-order valence-corrected chi connectivity index (χ1v) is 7.56. The molecule has 0 unspecified atom stereocenters. The molecule has 0 fully saturated rings. The van der Waals surface area contributed by atoms with Crippen LogP contribution in [0.15, 0.2) is 16.6 Å². The van der Waals surface area contributed by atoms with Crippen molar-refractivity contribution < 1.29 is 14.3 Å². The number of hydroxylamine groups is 1. The number of hydrogen-bond donors (Lipinski definition) is 1. The Morgan fingerprint density at radius 2 is 1.95 bits per heavy atom. The molecule has 0 atom stereocenters. The van der Waals surface area contributed by atoms with Crippen LogP contribution in [-0.4, -0.2) is 19.3 Å². The van der Waals surface area contributed by atoms with E-state index in [-0.39, 0.29) is 5.60 Å². The molecule has 0 saturated heterocycles. The van der Waals surface area contributed by atoms with E-state index in [1.807, 2.05) is 32.9 Å². The van der Waals surface area contributed by atoms with Gasteiger partial charge in [-0.2, -0.15) is 5.48 Å². The lowest BCUT2D eigenvalue weighted by molar-refractivity contribution is -0.0757. The minimum absolute atomic E-state index is 0.217. The van der Waals surface area contributed by atoms with Gasteiger partial charge in [-0.1, -0.05) is 6.92 Å². The van der Waals surface area contributed by atoms with Crippen LogP contribution in [0.1, 0.15) is 39.7 Å². The van der Waals surface area contributed by atoms with Crippen LogP contribution in [0.4, 0.5) is 0 Å². The van der Waals surface area contributed by atoms with Crippen molar-refractivity contribution in [1.29, 1.82) is 0 Å². The number of rotatable bonds is 7. The highest BCUT2D eigenvalue weighted by molar-refractivity contribution is 9.10. The van der Waals surface area contributed by atoms with Crippen molar-refractivity contribution in [2.45, 2.75) is 46.3 Å². The van der Waals surface area contributed by atoms with Gasteiger partial charge in [0.05, 0.1) is 23.8 Å². The van der Waals surface area contributed by atoms with Crippen LogP contribution < -0.4 is 15.0 Å². The summed E-state index contributed by atoms with van der Waals surface area (Å²) in [6.07, 6.45) is 0.957. The SMILES string of the molecule is CCCOc1c(Br)cc(CNOC(C)(C)C)cc1OC. The zero-order valence-corrected chi connectivity index (χ0v) is 14.5. The Kier molecular flexibility index (Phi) is 6.79. The molecule has 0 heterocycles. The van der Waals surface area contributed by atoms with Crippen LogP contribution in [0.5, 0.6) is 11.5 Å². The summed E-state index contributed by atoms with van der Waals surface area (Å²) in [6, 6.07) is 3.96. The molecule has 20 heavy (non-hydrogen) atoms. The maximum absolute atomic E-state index is 5.70. The van der Waals surface area contributed by atoms with E-state index in [9.17, 15) is 0 Å². The van der Waals surface area contributed by atoms with Gasteiger partial charge in [-0.05, 0) is 60.8 Å². The molecular formula is C15H24BrNO3. The van der Waals surface area contributed by atoms with E-state index in [0.29, 0.717) is 13.2 Å².